The second-order valence-electron chi connectivity index (χ2n) is 4.36. The van der Waals surface area contributed by atoms with E-state index >= 15 is 0 Å². The average Bonchev–Trinajstić information content (AvgIpc) is 2.26. The third-order valence-electron chi connectivity index (χ3n) is 3.34. The van der Waals surface area contributed by atoms with Crippen LogP contribution in [0.3, 0.4) is 0 Å². The lowest BCUT2D eigenvalue weighted by molar-refractivity contribution is 0.187. The molecule has 0 spiro atoms. The van der Waals surface area contributed by atoms with Crippen molar-refractivity contribution in [1.29, 1.82) is 0 Å². The zero-order valence-corrected chi connectivity index (χ0v) is 9.65. The van der Waals surface area contributed by atoms with E-state index in [1.54, 1.807) is 7.11 Å². The fourth-order valence-electron chi connectivity index (χ4n) is 2.08. The first kappa shape index (κ1) is 11.3. The Morgan fingerprint density at radius 3 is 2.88 bits per heavy atom. The van der Waals surface area contributed by atoms with Gasteiger partial charge in [0.05, 0.1) is 19.8 Å². The number of rotatable bonds is 5. The summed E-state index contributed by atoms with van der Waals surface area (Å²) in [6.45, 7) is 0.196. The highest BCUT2D eigenvalue weighted by Gasteiger charge is 2.26. The first-order chi connectivity index (χ1) is 7.83. The van der Waals surface area contributed by atoms with Crippen molar-refractivity contribution >= 4 is 5.69 Å². The second kappa shape index (κ2) is 5.21. The molecule has 3 nitrogen and oxygen atoms in total. The maximum absolute atomic E-state index is 9.36. The molecule has 88 valence electrons. The van der Waals surface area contributed by atoms with Gasteiger partial charge in [0.2, 0.25) is 0 Å². The van der Waals surface area contributed by atoms with E-state index in [-0.39, 0.29) is 12.6 Å². The van der Waals surface area contributed by atoms with Gasteiger partial charge in [-0.15, -0.1) is 0 Å². The molecule has 0 amide bonds. The van der Waals surface area contributed by atoms with Gasteiger partial charge in [-0.3, -0.25) is 0 Å². The Bertz CT molecular complexity index is 336. The molecular weight excluding hydrogens is 202 g/mol. The summed E-state index contributed by atoms with van der Waals surface area (Å²) in [5.41, 5.74) is 1.02. The second-order valence-corrected chi connectivity index (χ2v) is 4.36. The van der Waals surface area contributed by atoms with Gasteiger partial charge in [-0.1, -0.05) is 12.5 Å². The molecule has 1 atom stereocenters. The van der Waals surface area contributed by atoms with Gasteiger partial charge in [0.15, 0.2) is 0 Å². The van der Waals surface area contributed by atoms with Crippen LogP contribution in [0.15, 0.2) is 24.3 Å². The minimum atomic E-state index is 0.181. The molecule has 1 fully saturated rings. The van der Waals surface area contributed by atoms with Crippen molar-refractivity contribution < 1.29 is 9.84 Å². The van der Waals surface area contributed by atoms with Crippen LogP contribution in [0.1, 0.15) is 19.3 Å². The van der Waals surface area contributed by atoms with Crippen LogP contribution in [0.25, 0.3) is 0 Å². The topological polar surface area (TPSA) is 41.5 Å². The van der Waals surface area contributed by atoms with Crippen molar-refractivity contribution in [1.82, 2.24) is 0 Å². The van der Waals surface area contributed by atoms with Gasteiger partial charge in [-0.25, -0.2) is 0 Å². The molecule has 0 heterocycles. The van der Waals surface area contributed by atoms with Crippen molar-refractivity contribution in [2.24, 2.45) is 5.92 Å². The molecule has 0 bridgehead atoms. The van der Waals surface area contributed by atoms with Gasteiger partial charge in [0.1, 0.15) is 5.75 Å². The molecule has 0 radical (unpaired) electrons. The van der Waals surface area contributed by atoms with Gasteiger partial charge < -0.3 is 15.2 Å². The van der Waals surface area contributed by atoms with Gasteiger partial charge >= 0.3 is 0 Å². The highest BCUT2D eigenvalue weighted by Crippen LogP contribution is 2.31. The molecule has 1 saturated carbocycles. The highest BCUT2D eigenvalue weighted by molar-refractivity contribution is 5.49. The minimum absolute atomic E-state index is 0.181. The summed E-state index contributed by atoms with van der Waals surface area (Å²) in [6, 6.07) is 8.02. The summed E-state index contributed by atoms with van der Waals surface area (Å²) >= 11 is 0. The average molecular weight is 221 g/mol. The van der Waals surface area contributed by atoms with E-state index in [1.165, 1.54) is 19.3 Å². The summed E-state index contributed by atoms with van der Waals surface area (Å²) in [5.74, 6) is 1.46. The van der Waals surface area contributed by atoms with Crippen LogP contribution >= 0.6 is 0 Å². The maximum Gasteiger partial charge on any atom is 0.120 e. The van der Waals surface area contributed by atoms with Gasteiger partial charge in [0.25, 0.3) is 0 Å². The first-order valence-corrected chi connectivity index (χ1v) is 5.85. The molecule has 1 aliphatic carbocycles. The Labute approximate surface area is 96.4 Å². The number of aliphatic hydroxyl groups excluding tert-OH is 1. The normalized spacial score (nSPS) is 17.6. The Morgan fingerprint density at radius 1 is 1.50 bits per heavy atom. The van der Waals surface area contributed by atoms with E-state index in [0.29, 0.717) is 5.92 Å². The van der Waals surface area contributed by atoms with E-state index < -0.39 is 0 Å². The molecule has 0 aliphatic heterocycles. The van der Waals surface area contributed by atoms with Gasteiger partial charge in [-0.05, 0) is 30.9 Å². The lowest BCUT2D eigenvalue weighted by Gasteiger charge is -2.33. The smallest absolute Gasteiger partial charge is 0.120 e. The number of methoxy groups -OCH3 is 1. The van der Waals surface area contributed by atoms with Crippen LogP contribution < -0.4 is 10.1 Å². The number of benzene rings is 1. The molecule has 0 aromatic heterocycles. The van der Waals surface area contributed by atoms with Gasteiger partial charge in [0, 0.05) is 11.8 Å². The zero-order chi connectivity index (χ0) is 11.4. The first-order valence-electron chi connectivity index (χ1n) is 5.85. The molecule has 3 heteroatoms. The van der Waals surface area contributed by atoms with Crippen molar-refractivity contribution in [2.45, 2.75) is 25.3 Å². The SMILES string of the molecule is COc1cccc(NC(CO)C2CCC2)c1. The fraction of sp³-hybridized carbons (Fsp3) is 0.538. The molecule has 16 heavy (non-hydrogen) atoms. The monoisotopic (exact) mass is 221 g/mol. The number of nitrogens with one attached hydrogen (secondary N) is 1. The van der Waals surface area contributed by atoms with Crippen LogP contribution in [0.2, 0.25) is 0 Å². The lowest BCUT2D eigenvalue weighted by Crippen LogP contribution is -2.36. The van der Waals surface area contributed by atoms with Crippen LogP contribution in [-0.2, 0) is 0 Å². The Kier molecular flexibility index (Phi) is 3.67. The number of ether oxygens (including phenoxy) is 1. The molecule has 1 aromatic carbocycles. The summed E-state index contributed by atoms with van der Waals surface area (Å²) in [6.07, 6.45) is 3.74. The van der Waals surface area contributed by atoms with Crippen LogP contribution in [0, 0.1) is 5.92 Å². The lowest BCUT2D eigenvalue weighted by atomic mass is 9.80. The molecule has 1 aliphatic rings. The van der Waals surface area contributed by atoms with Crippen molar-refractivity contribution in [3.8, 4) is 5.75 Å². The number of hydrogen-bond donors (Lipinski definition) is 2. The summed E-state index contributed by atoms with van der Waals surface area (Å²) in [5, 5.41) is 12.7. The Balaban J connectivity index is 2.00. The quantitative estimate of drug-likeness (QED) is 0.801. The molecule has 2 rings (SSSR count). The fourth-order valence-corrected chi connectivity index (χ4v) is 2.08. The highest BCUT2D eigenvalue weighted by atomic mass is 16.5. The molecule has 2 N–H and O–H groups in total. The summed E-state index contributed by atoms with van der Waals surface area (Å²) < 4.78 is 5.17. The van der Waals surface area contributed by atoms with Crippen molar-refractivity contribution in [3.05, 3.63) is 24.3 Å². The van der Waals surface area contributed by atoms with E-state index in [9.17, 15) is 5.11 Å². The largest absolute Gasteiger partial charge is 0.497 e. The molecule has 0 saturated heterocycles. The third kappa shape index (κ3) is 2.47. The zero-order valence-electron chi connectivity index (χ0n) is 9.65. The minimum Gasteiger partial charge on any atom is -0.497 e. The Hall–Kier alpha value is -1.22. The van der Waals surface area contributed by atoms with E-state index in [4.69, 9.17) is 4.74 Å². The number of aliphatic hydroxyl groups is 1. The number of hydrogen-bond acceptors (Lipinski definition) is 3. The number of anilines is 1. The third-order valence-corrected chi connectivity index (χ3v) is 3.34. The molecule has 1 aromatic rings. The summed E-state index contributed by atoms with van der Waals surface area (Å²) in [7, 11) is 1.66. The van der Waals surface area contributed by atoms with Crippen molar-refractivity contribution in [2.75, 3.05) is 19.0 Å². The summed E-state index contributed by atoms with van der Waals surface area (Å²) in [4.78, 5) is 0. The molecule has 1 unspecified atom stereocenters. The van der Waals surface area contributed by atoms with Crippen LogP contribution in [0.4, 0.5) is 5.69 Å². The standard InChI is InChI=1S/C13H19NO2/c1-16-12-7-3-6-11(8-12)14-13(9-15)10-4-2-5-10/h3,6-8,10,13-15H,2,4-5,9H2,1H3. The van der Waals surface area contributed by atoms with E-state index in [1.807, 2.05) is 24.3 Å². The van der Waals surface area contributed by atoms with Crippen LogP contribution in [0.5, 0.6) is 5.75 Å². The predicted octanol–water partition coefficient (Wildman–Crippen LogP) is 2.27. The molecular formula is C13H19NO2. The Morgan fingerprint density at radius 2 is 2.31 bits per heavy atom. The van der Waals surface area contributed by atoms with E-state index in [0.717, 1.165) is 11.4 Å². The van der Waals surface area contributed by atoms with Crippen molar-refractivity contribution in [3.63, 3.8) is 0 Å². The maximum atomic E-state index is 9.36. The van der Waals surface area contributed by atoms with Crippen LogP contribution in [-0.4, -0.2) is 24.9 Å². The van der Waals surface area contributed by atoms with E-state index in [2.05, 4.69) is 5.32 Å². The predicted molar refractivity (Wildman–Crippen MR) is 64.8 cm³/mol. The van der Waals surface area contributed by atoms with Gasteiger partial charge in [-0.2, -0.15) is 0 Å².